The van der Waals surface area contributed by atoms with E-state index >= 15 is 0 Å². The summed E-state index contributed by atoms with van der Waals surface area (Å²) in [5.41, 5.74) is 1.23. The van der Waals surface area contributed by atoms with Gasteiger partial charge < -0.3 is 4.98 Å². The highest BCUT2D eigenvalue weighted by Gasteiger charge is 2.52. The van der Waals surface area contributed by atoms with Crippen molar-refractivity contribution in [1.29, 1.82) is 0 Å². The molecule has 4 bridgehead atoms. The molecule has 0 amide bonds. The predicted octanol–water partition coefficient (Wildman–Crippen LogP) is 3.44. The van der Waals surface area contributed by atoms with Gasteiger partial charge in [-0.15, -0.1) is 0 Å². The van der Waals surface area contributed by atoms with Gasteiger partial charge in [0.1, 0.15) is 5.82 Å². The van der Waals surface area contributed by atoms with Crippen LogP contribution in [0.2, 0.25) is 0 Å². The SMILES string of the molecule is CC(C)Cc1cc(=O)[nH]c(C23CC4CC(CC(C4)C2)C3)n1. The Morgan fingerprint density at radius 3 is 2.29 bits per heavy atom. The number of hydrogen-bond acceptors (Lipinski definition) is 2. The topological polar surface area (TPSA) is 45.8 Å². The number of rotatable bonds is 3. The highest BCUT2D eigenvalue weighted by atomic mass is 16.1. The van der Waals surface area contributed by atoms with Gasteiger partial charge in [-0.3, -0.25) is 4.79 Å². The Hall–Kier alpha value is -1.12. The van der Waals surface area contributed by atoms with E-state index in [1.165, 1.54) is 38.5 Å². The van der Waals surface area contributed by atoms with Crippen molar-refractivity contribution in [3.05, 3.63) is 27.9 Å². The van der Waals surface area contributed by atoms with Crippen molar-refractivity contribution in [3.63, 3.8) is 0 Å². The van der Waals surface area contributed by atoms with Crippen LogP contribution in [0.5, 0.6) is 0 Å². The molecule has 0 spiro atoms. The van der Waals surface area contributed by atoms with E-state index in [-0.39, 0.29) is 11.0 Å². The van der Waals surface area contributed by atoms with Crippen LogP contribution in [-0.2, 0) is 11.8 Å². The molecule has 3 heteroatoms. The molecule has 0 atom stereocenters. The fourth-order valence-corrected chi connectivity index (χ4v) is 5.68. The van der Waals surface area contributed by atoms with Crippen molar-refractivity contribution in [2.75, 3.05) is 0 Å². The lowest BCUT2D eigenvalue weighted by Crippen LogP contribution is -2.50. The van der Waals surface area contributed by atoms with E-state index in [1.54, 1.807) is 6.07 Å². The van der Waals surface area contributed by atoms with E-state index in [9.17, 15) is 4.79 Å². The fourth-order valence-electron chi connectivity index (χ4n) is 5.68. The first kappa shape index (κ1) is 13.5. The van der Waals surface area contributed by atoms with Crippen LogP contribution in [0.15, 0.2) is 10.9 Å². The highest BCUT2D eigenvalue weighted by molar-refractivity contribution is 5.19. The standard InChI is InChI=1S/C18H26N2O/c1-11(2)3-15-7-16(21)20-17(19-15)18-8-12-4-13(9-18)6-14(5-12)10-18/h7,11-14H,3-6,8-10H2,1-2H3,(H,19,20,21). The molecule has 1 N–H and O–H groups in total. The minimum absolute atomic E-state index is 0.0476. The fraction of sp³-hybridized carbons (Fsp3) is 0.778. The summed E-state index contributed by atoms with van der Waals surface area (Å²) in [6.07, 6.45) is 8.95. The normalized spacial score (nSPS) is 37.4. The second kappa shape index (κ2) is 4.69. The smallest absolute Gasteiger partial charge is 0.251 e. The van der Waals surface area contributed by atoms with E-state index in [4.69, 9.17) is 4.98 Å². The van der Waals surface area contributed by atoms with Crippen LogP contribution in [0.4, 0.5) is 0 Å². The summed E-state index contributed by atoms with van der Waals surface area (Å²) < 4.78 is 0. The van der Waals surface area contributed by atoms with Crippen molar-refractivity contribution in [2.24, 2.45) is 23.7 Å². The molecule has 4 fully saturated rings. The van der Waals surface area contributed by atoms with Crippen molar-refractivity contribution in [1.82, 2.24) is 9.97 Å². The first-order valence-electron chi connectivity index (χ1n) is 8.63. The molecule has 0 aromatic carbocycles. The monoisotopic (exact) mass is 286 g/mol. The molecule has 0 saturated heterocycles. The van der Waals surface area contributed by atoms with E-state index in [0.717, 1.165) is 35.7 Å². The van der Waals surface area contributed by atoms with Gasteiger partial charge in [-0.2, -0.15) is 0 Å². The molecule has 1 aromatic heterocycles. The van der Waals surface area contributed by atoms with Crippen LogP contribution in [0, 0.1) is 23.7 Å². The van der Waals surface area contributed by atoms with Gasteiger partial charge in [-0.1, -0.05) is 13.8 Å². The number of aromatic amines is 1. The lowest BCUT2D eigenvalue weighted by Gasteiger charge is -2.56. The zero-order valence-corrected chi connectivity index (χ0v) is 13.2. The van der Waals surface area contributed by atoms with Crippen LogP contribution in [0.1, 0.15) is 63.9 Å². The summed E-state index contributed by atoms with van der Waals surface area (Å²) in [6.45, 7) is 4.38. The van der Waals surface area contributed by atoms with Crippen molar-refractivity contribution in [3.8, 4) is 0 Å². The molecule has 4 aliphatic rings. The summed E-state index contributed by atoms with van der Waals surface area (Å²) in [6, 6.07) is 1.70. The molecule has 114 valence electrons. The Labute approximate surface area is 126 Å². The molecule has 0 unspecified atom stereocenters. The van der Waals surface area contributed by atoms with E-state index in [0.29, 0.717) is 5.92 Å². The average molecular weight is 286 g/mol. The molecule has 4 aliphatic carbocycles. The largest absolute Gasteiger partial charge is 0.310 e. The third-order valence-electron chi connectivity index (χ3n) is 5.95. The van der Waals surface area contributed by atoms with Gasteiger partial charge in [0.15, 0.2) is 0 Å². The zero-order chi connectivity index (χ0) is 14.6. The Morgan fingerprint density at radius 1 is 1.19 bits per heavy atom. The number of aromatic nitrogens is 2. The number of H-pyrrole nitrogens is 1. The molecule has 1 heterocycles. The lowest BCUT2D eigenvalue weighted by molar-refractivity contribution is -0.00962. The molecule has 21 heavy (non-hydrogen) atoms. The second-order valence-corrected chi connectivity index (χ2v) is 8.38. The van der Waals surface area contributed by atoms with E-state index in [2.05, 4.69) is 18.8 Å². The Balaban J connectivity index is 1.72. The third kappa shape index (κ3) is 2.35. The molecule has 5 rings (SSSR count). The van der Waals surface area contributed by atoms with Crippen molar-refractivity contribution >= 4 is 0 Å². The molecule has 0 aliphatic heterocycles. The van der Waals surface area contributed by atoms with Gasteiger partial charge in [0.05, 0.1) is 0 Å². The molecular formula is C18H26N2O. The Bertz CT molecular complexity index is 566. The summed E-state index contributed by atoms with van der Waals surface area (Å²) in [5.74, 6) is 4.22. The van der Waals surface area contributed by atoms with E-state index < -0.39 is 0 Å². The minimum Gasteiger partial charge on any atom is -0.310 e. The quantitative estimate of drug-likeness (QED) is 0.925. The predicted molar refractivity (Wildman–Crippen MR) is 83.2 cm³/mol. The molecule has 3 nitrogen and oxygen atoms in total. The molecule has 1 aromatic rings. The highest BCUT2D eigenvalue weighted by Crippen LogP contribution is 2.59. The van der Waals surface area contributed by atoms with Crippen molar-refractivity contribution in [2.45, 2.75) is 64.2 Å². The average Bonchev–Trinajstić information content (AvgIpc) is 2.35. The van der Waals surface area contributed by atoms with Gasteiger partial charge in [-0.25, -0.2) is 4.98 Å². The van der Waals surface area contributed by atoms with Gasteiger partial charge in [-0.05, 0) is 68.6 Å². The van der Waals surface area contributed by atoms with Crippen LogP contribution in [0.25, 0.3) is 0 Å². The first-order valence-corrected chi connectivity index (χ1v) is 8.63. The number of nitrogens with one attached hydrogen (secondary N) is 1. The summed E-state index contributed by atoms with van der Waals surface area (Å²) >= 11 is 0. The summed E-state index contributed by atoms with van der Waals surface area (Å²) in [7, 11) is 0. The van der Waals surface area contributed by atoms with Crippen LogP contribution >= 0.6 is 0 Å². The van der Waals surface area contributed by atoms with Crippen LogP contribution < -0.4 is 5.56 Å². The maximum atomic E-state index is 12.1. The van der Waals surface area contributed by atoms with Crippen molar-refractivity contribution < 1.29 is 0 Å². The van der Waals surface area contributed by atoms with Gasteiger partial charge in [0, 0.05) is 17.2 Å². The summed E-state index contributed by atoms with van der Waals surface area (Å²) in [4.78, 5) is 20.1. The van der Waals surface area contributed by atoms with Crippen LogP contribution in [0.3, 0.4) is 0 Å². The Morgan fingerprint density at radius 2 is 1.76 bits per heavy atom. The number of nitrogens with zero attached hydrogens (tertiary/aromatic N) is 1. The van der Waals surface area contributed by atoms with Gasteiger partial charge in [0.2, 0.25) is 0 Å². The number of hydrogen-bond donors (Lipinski definition) is 1. The first-order chi connectivity index (χ1) is 10.0. The van der Waals surface area contributed by atoms with Gasteiger partial charge in [0.25, 0.3) is 5.56 Å². The third-order valence-corrected chi connectivity index (χ3v) is 5.95. The molecule has 0 radical (unpaired) electrons. The zero-order valence-electron chi connectivity index (χ0n) is 13.2. The lowest BCUT2D eigenvalue weighted by atomic mass is 9.49. The second-order valence-electron chi connectivity index (χ2n) is 8.38. The van der Waals surface area contributed by atoms with Crippen LogP contribution in [-0.4, -0.2) is 9.97 Å². The maximum absolute atomic E-state index is 12.1. The molecular weight excluding hydrogens is 260 g/mol. The van der Waals surface area contributed by atoms with E-state index in [1.807, 2.05) is 0 Å². The Kier molecular flexibility index (Phi) is 3.02. The summed E-state index contributed by atoms with van der Waals surface area (Å²) in [5, 5.41) is 0. The molecule has 4 saturated carbocycles. The van der Waals surface area contributed by atoms with Gasteiger partial charge >= 0.3 is 0 Å². The maximum Gasteiger partial charge on any atom is 0.251 e. The minimum atomic E-state index is 0.0476.